The molecule has 0 radical (unpaired) electrons. The molecule has 0 atom stereocenters. The standard InChI is InChI=1S/C21H23N3O4S2/c1-2-28-18-9-5-4-8-16(18)20(25)23-21-22-17-11-10-15(14-19(17)29-21)30(26,27)24-12-6-3-7-13-24/h4-5,8-11,14H,2-3,6-7,12-13H2,1H3,(H,22,23,25). The van der Waals surface area contributed by atoms with Gasteiger partial charge in [-0.3, -0.25) is 10.1 Å². The fourth-order valence-corrected chi connectivity index (χ4v) is 5.99. The third kappa shape index (κ3) is 4.19. The first kappa shape index (κ1) is 20.8. The van der Waals surface area contributed by atoms with Crippen molar-refractivity contribution in [3.63, 3.8) is 0 Å². The van der Waals surface area contributed by atoms with Crippen LogP contribution in [0.5, 0.6) is 5.75 Å². The molecule has 4 rings (SSSR count). The summed E-state index contributed by atoms with van der Waals surface area (Å²) >= 11 is 1.25. The third-order valence-electron chi connectivity index (χ3n) is 4.96. The number of nitrogens with zero attached hydrogens (tertiary/aromatic N) is 2. The first-order valence-corrected chi connectivity index (χ1v) is 12.2. The van der Waals surface area contributed by atoms with Crippen LogP contribution in [0.25, 0.3) is 10.2 Å². The molecule has 9 heteroatoms. The molecule has 1 saturated heterocycles. The minimum absolute atomic E-state index is 0.264. The van der Waals surface area contributed by atoms with Gasteiger partial charge in [-0.1, -0.05) is 29.9 Å². The van der Waals surface area contributed by atoms with Crippen LogP contribution < -0.4 is 10.1 Å². The molecule has 1 aliphatic heterocycles. The second-order valence-corrected chi connectivity index (χ2v) is 9.97. The number of anilines is 1. The molecule has 3 aromatic rings. The highest BCUT2D eigenvalue weighted by molar-refractivity contribution is 7.89. The Morgan fingerprint density at radius 1 is 1.17 bits per heavy atom. The summed E-state index contributed by atoms with van der Waals surface area (Å²) in [7, 11) is -3.51. The topological polar surface area (TPSA) is 88.6 Å². The zero-order valence-electron chi connectivity index (χ0n) is 16.6. The number of fused-ring (bicyclic) bond motifs is 1. The number of piperidine rings is 1. The van der Waals surface area contributed by atoms with E-state index in [0.717, 1.165) is 19.3 Å². The number of hydrogen-bond donors (Lipinski definition) is 1. The molecule has 7 nitrogen and oxygen atoms in total. The van der Waals surface area contributed by atoms with Gasteiger partial charge in [0.1, 0.15) is 5.75 Å². The van der Waals surface area contributed by atoms with Crippen molar-refractivity contribution in [1.29, 1.82) is 0 Å². The number of para-hydroxylation sites is 1. The Morgan fingerprint density at radius 3 is 2.70 bits per heavy atom. The lowest BCUT2D eigenvalue weighted by molar-refractivity contribution is 0.102. The van der Waals surface area contributed by atoms with Crippen LogP contribution in [0.2, 0.25) is 0 Å². The SMILES string of the molecule is CCOc1ccccc1C(=O)Nc1nc2ccc(S(=O)(=O)N3CCCCC3)cc2s1. The second kappa shape index (κ2) is 8.71. The maximum atomic E-state index is 12.9. The van der Waals surface area contributed by atoms with Crippen molar-refractivity contribution in [2.45, 2.75) is 31.1 Å². The molecule has 1 fully saturated rings. The largest absolute Gasteiger partial charge is 0.493 e. The summed E-state index contributed by atoms with van der Waals surface area (Å²) in [5.41, 5.74) is 1.07. The van der Waals surface area contributed by atoms with Gasteiger partial charge in [0.2, 0.25) is 10.0 Å². The normalized spacial score (nSPS) is 15.2. The number of amides is 1. The first-order chi connectivity index (χ1) is 14.5. The molecule has 0 aliphatic carbocycles. The summed E-state index contributed by atoms with van der Waals surface area (Å²) in [6.45, 7) is 3.44. The molecule has 30 heavy (non-hydrogen) atoms. The summed E-state index contributed by atoms with van der Waals surface area (Å²) in [5.74, 6) is 0.188. The van der Waals surface area contributed by atoms with E-state index < -0.39 is 10.0 Å². The number of ether oxygens (including phenoxy) is 1. The van der Waals surface area contributed by atoms with Gasteiger partial charge >= 0.3 is 0 Å². The molecule has 0 saturated carbocycles. The summed E-state index contributed by atoms with van der Waals surface area (Å²) in [6, 6.07) is 11.9. The van der Waals surface area contributed by atoms with Crippen molar-refractivity contribution in [3.8, 4) is 5.75 Å². The number of carbonyl (C=O) groups excluding carboxylic acids is 1. The lowest BCUT2D eigenvalue weighted by Crippen LogP contribution is -2.35. The predicted molar refractivity (Wildman–Crippen MR) is 118 cm³/mol. The van der Waals surface area contributed by atoms with Crippen LogP contribution in [0.4, 0.5) is 5.13 Å². The van der Waals surface area contributed by atoms with E-state index in [0.29, 0.717) is 46.4 Å². The van der Waals surface area contributed by atoms with Gasteiger partial charge in [0.25, 0.3) is 5.91 Å². The molecule has 1 aromatic heterocycles. The molecule has 1 aliphatic rings. The Kier molecular flexibility index (Phi) is 6.03. The highest BCUT2D eigenvalue weighted by Crippen LogP contribution is 2.30. The van der Waals surface area contributed by atoms with Gasteiger partial charge in [-0.2, -0.15) is 4.31 Å². The van der Waals surface area contributed by atoms with Crippen molar-refractivity contribution in [3.05, 3.63) is 48.0 Å². The van der Waals surface area contributed by atoms with Crippen LogP contribution in [0, 0.1) is 0 Å². The molecular weight excluding hydrogens is 422 g/mol. The molecule has 0 unspecified atom stereocenters. The summed E-state index contributed by atoms with van der Waals surface area (Å²) < 4.78 is 33.6. The van der Waals surface area contributed by atoms with Gasteiger partial charge in [0, 0.05) is 13.1 Å². The van der Waals surface area contributed by atoms with E-state index in [1.165, 1.54) is 11.3 Å². The number of hydrogen-bond acceptors (Lipinski definition) is 6. The molecule has 2 heterocycles. The van der Waals surface area contributed by atoms with Crippen molar-refractivity contribution in [1.82, 2.24) is 9.29 Å². The van der Waals surface area contributed by atoms with Gasteiger partial charge < -0.3 is 4.74 Å². The molecule has 1 N–H and O–H groups in total. The van der Waals surface area contributed by atoms with Gasteiger partial charge in [-0.25, -0.2) is 13.4 Å². The number of carbonyl (C=O) groups is 1. The Balaban J connectivity index is 1.58. The minimum atomic E-state index is -3.51. The number of thiazole rings is 1. The number of benzene rings is 2. The Morgan fingerprint density at radius 2 is 1.93 bits per heavy atom. The summed E-state index contributed by atoms with van der Waals surface area (Å²) in [5, 5.41) is 3.21. The van der Waals surface area contributed by atoms with Gasteiger partial charge in [0.15, 0.2) is 5.13 Å². The first-order valence-electron chi connectivity index (χ1n) is 9.93. The molecule has 0 bridgehead atoms. The van der Waals surface area contributed by atoms with E-state index >= 15 is 0 Å². The van der Waals surface area contributed by atoms with Crippen molar-refractivity contribution < 1.29 is 17.9 Å². The zero-order valence-corrected chi connectivity index (χ0v) is 18.3. The average Bonchev–Trinajstić information content (AvgIpc) is 3.16. The quantitative estimate of drug-likeness (QED) is 0.617. The fraction of sp³-hybridized carbons (Fsp3) is 0.333. The molecular formula is C21H23N3O4S2. The van der Waals surface area contributed by atoms with Crippen LogP contribution in [0.3, 0.4) is 0 Å². The van der Waals surface area contributed by atoms with E-state index in [1.807, 2.05) is 13.0 Å². The number of aromatic nitrogens is 1. The lowest BCUT2D eigenvalue weighted by Gasteiger charge is -2.25. The Bertz CT molecular complexity index is 1170. The number of sulfonamides is 1. The Labute approximate surface area is 179 Å². The van der Waals surface area contributed by atoms with E-state index in [9.17, 15) is 13.2 Å². The third-order valence-corrected chi connectivity index (χ3v) is 7.79. The molecule has 158 valence electrons. The lowest BCUT2D eigenvalue weighted by atomic mass is 10.2. The van der Waals surface area contributed by atoms with Crippen LogP contribution in [0.15, 0.2) is 47.4 Å². The Hall–Kier alpha value is -2.49. The molecule has 1 amide bonds. The van der Waals surface area contributed by atoms with E-state index in [2.05, 4.69) is 10.3 Å². The number of rotatable bonds is 6. The van der Waals surface area contributed by atoms with E-state index in [1.54, 1.807) is 40.7 Å². The van der Waals surface area contributed by atoms with Crippen LogP contribution in [-0.4, -0.2) is 43.3 Å². The minimum Gasteiger partial charge on any atom is -0.493 e. The van der Waals surface area contributed by atoms with Crippen molar-refractivity contribution in [2.24, 2.45) is 0 Å². The predicted octanol–water partition coefficient (Wildman–Crippen LogP) is 4.12. The maximum absolute atomic E-state index is 12.9. The highest BCUT2D eigenvalue weighted by Gasteiger charge is 2.26. The van der Waals surface area contributed by atoms with Crippen LogP contribution >= 0.6 is 11.3 Å². The van der Waals surface area contributed by atoms with Gasteiger partial charge in [0.05, 0.1) is 27.3 Å². The highest BCUT2D eigenvalue weighted by atomic mass is 32.2. The maximum Gasteiger partial charge on any atom is 0.261 e. The van der Waals surface area contributed by atoms with E-state index in [-0.39, 0.29) is 10.8 Å². The second-order valence-electron chi connectivity index (χ2n) is 7.00. The molecule has 2 aromatic carbocycles. The van der Waals surface area contributed by atoms with Crippen LogP contribution in [0.1, 0.15) is 36.5 Å². The monoisotopic (exact) mass is 445 g/mol. The van der Waals surface area contributed by atoms with Crippen LogP contribution in [-0.2, 0) is 10.0 Å². The van der Waals surface area contributed by atoms with E-state index in [4.69, 9.17) is 4.74 Å². The van der Waals surface area contributed by atoms with Crippen molar-refractivity contribution >= 4 is 42.6 Å². The van der Waals surface area contributed by atoms with Crippen molar-refractivity contribution in [2.75, 3.05) is 25.0 Å². The summed E-state index contributed by atoms with van der Waals surface area (Å²) in [4.78, 5) is 17.4. The van der Waals surface area contributed by atoms with Gasteiger partial charge in [-0.15, -0.1) is 0 Å². The molecule has 0 spiro atoms. The summed E-state index contributed by atoms with van der Waals surface area (Å²) in [6.07, 6.45) is 2.85. The van der Waals surface area contributed by atoms with Gasteiger partial charge in [-0.05, 0) is 50.1 Å². The smallest absolute Gasteiger partial charge is 0.261 e. The zero-order chi connectivity index (χ0) is 21.1. The average molecular weight is 446 g/mol. The fourth-order valence-electron chi connectivity index (χ4n) is 3.47. The number of nitrogens with one attached hydrogen (secondary N) is 1.